The number of hydrazine groups is 1. The maximum absolute atomic E-state index is 13.3. The Balaban J connectivity index is 1.28. The van der Waals surface area contributed by atoms with Gasteiger partial charge in [0.1, 0.15) is 27.6 Å². The SMILES string of the molecule is COCc1cc(SCC2(C(=O)O)CS[C@@H]3C(NC(=O)C(=NOC(C)(C)C(=O)NN)c4csc(N)n4)C(=O)N3C2)nc2cnnn12. The van der Waals surface area contributed by atoms with Crippen LogP contribution in [0.5, 0.6) is 0 Å². The number of aliphatic carboxylic acids is 1. The van der Waals surface area contributed by atoms with Gasteiger partial charge in [-0.3, -0.25) is 24.6 Å². The summed E-state index contributed by atoms with van der Waals surface area (Å²) in [7, 11) is 1.55. The number of hydrogen-bond donors (Lipinski definition) is 5. The summed E-state index contributed by atoms with van der Waals surface area (Å²) < 4.78 is 6.78. The van der Waals surface area contributed by atoms with Gasteiger partial charge in [0.25, 0.3) is 11.8 Å². The van der Waals surface area contributed by atoms with E-state index in [2.05, 4.69) is 30.8 Å². The van der Waals surface area contributed by atoms with Crippen LogP contribution in [-0.4, -0.2) is 106 Å². The van der Waals surface area contributed by atoms with Gasteiger partial charge in [-0.1, -0.05) is 10.4 Å². The summed E-state index contributed by atoms with van der Waals surface area (Å²) in [5, 5.41) is 26.3. The highest BCUT2D eigenvalue weighted by atomic mass is 32.2. The molecule has 240 valence electrons. The maximum atomic E-state index is 13.3. The third-order valence-electron chi connectivity index (χ3n) is 7.01. The molecule has 3 amide bonds. The van der Waals surface area contributed by atoms with Crippen molar-refractivity contribution >= 4 is 75.0 Å². The molecule has 0 saturated carbocycles. The fourth-order valence-electron chi connectivity index (χ4n) is 4.49. The normalized spacial score (nSPS) is 21.6. The molecule has 5 heterocycles. The van der Waals surface area contributed by atoms with E-state index in [0.29, 0.717) is 16.4 Å². The molecule has 2 aliphatic heterocycles. The number of fused-ring (bicyclic) bond motifs is 2. The van der Waals surface area contributed by atoms with Gasteiger partial charge < -0.3 is 30.6 Å². The Bertz CT molecular complexity index is 1680. The maximum Gasteiger partial charge on any atom is 0.313 e. The topological polar surface area (TPSA) is 255 Å². The van der Waals surface area contributed by atoms with Gasteiger partial charge in [-0.2, -0.15) is 4.52 Å². The van der Waals surface area contributed by atoms with Crippen molar-refractivity contribution in [2.75, 3.05) is 30.9 Å². The minimum Gasteiger partial charge on any atom is -0.481 e. The molecule has 0 bridgehead atoms. The summed E-state index contributed by atoms with van der Waals surface area (Å²) in [6.45, 7) is 2.98. The fraction of sp³-hybridized carbons (Fsp3) is 0.458. The molecular formula is C24H29N11O7S3. The number of nitrogens with zero attached hydrogens (tertiary/aromatic N) is 7. The molecule has 2 unspecified atom stereocenters. The number of nitrogens with one attached hydrogen (secondary N) is 2. The number of amides is 3. The van der Waals surface area contributed by atoms with Gasteiger partial charge in [-0.25, -0.2) is 15.8 Å². The van der Waals surface area contributed by atoms with Crippen LogP contribution >= 0.6 is 34.9 Å². The van der Waals surface area contributed by atoms with E-state index in [1.54, 1.807) is 13.2 Å². The Morgan fingerprint density at radius 2 is 2.11 bits per heavy atom. The van der Waals surface area contributed by atoms with Crippen molar-refractivity contribution in [3.63, 3.8) is 0 Å². The van der Waals surface area contributed by atoms with Crippen molar-refractivity contribution in [1.29, 1.82) is 0 Å². The van der Waals surface area contributed by atoms with E-state index < -0.39 is 46.1 Å². The fourth-order valence-corrected chi connectivity index (χ4v) is 7.82. The first-order chi connectivity index (χ1) is 21.4. The third kappa shape index (κ3) is 6.38. The molecule has 5 rings (SSSR count). The lowest BCUT2D eigenvalue weighted by Gasteiger charge is -2.53. The zero-order valence-electron chi connectivity index (χ0n) is 24.1. The number of hydrogen-bond acceptors (Lipinski definition) is 16. The number of carboxylic acid groups (broad SMARTS) is 1. The standard InChI is InChI=1S/C24H29N11O7S3/c1-23(2,20(38)31-26)42-32-15(12-7-43-22(25)28-12)17(36)30-16-18(37)34-8-24(21(39)40,10-45-19(16)34)9-44-14-4-11(6-41-3)35-13(29-14)5-27-33-35/h4-5,7,16,19H,6,8-10,26H2,1-3H3,(H2,25,28)(H,30,36)(H,31,38)(H,39,40)/t16?,19-,24?/m1/s1. The van der Waals surface area contributed by atoms with Crippen LogP contribution in [0.3, 0.4) is 0 Å². The Kier molecular flexibility index (Phi) is 9.16. The van der Waals surface area contributed by atoms with E-state index in [1.165, 1.54) is 58.4 Å². The van der Waals surface area contributed by atoms with E-state index in [9.17, 15) is 24.3 Å². The highest BCUT2D eigenvalue weighted by Crippen LogP contribution is 2.44. The predicted octanol–water partition coefficient (Wildman–Crippen LogP) is -0.938. The van der Waals surface area contributed by atoms with Gasteiger partial charge in [-0.05, 0) is 19.9 Å². The summed E-state index contributed by atoms with van der Waals surface area (Å²) in [5.41, 5.74) is 5.83. The molecule has 7 N–H and O–H groups in total. The molecule has 0 radical (unpaired) electrons. The van der Waals surface area contributed by atoms with Crippen LogP contribution in [-0.2, 0) is 35.4 Å². The lowest BCUT2D eigenvalue weighted by atomic mass is 9.89. The molecule has 45 heavy (non-hydrogen) atoms. The van der Waals surface area contributed by atoms with E-state index in [-0.39, 0.29) is 41.2 Å². The number of oxime groups is 1. The lowest BCUT2D eigenvalue weighted by Crippen LogP contribution is -2.74. The largest absolute Gasteiger partial charge is 0.481 e. The predicted molar refractivity (Wildman–Crippen MR) is 163 cm³/mol. The first-order valence-corrected chi connectivity index (χ1v) is 16.1. The quantitative estimate of drug-likeness (QED) is 0.0295. The number of nitrogens with two attached hydrogens (primary N) is 2. The average Bonchev–Trinajstić information content (AvgIpc) is 3.67. The monoisotopic (exact) mass is 679 g/mol. The molecule has 2 saturated heterocycles. The van der Waals surface area contributed by atoms with Crippen LogP contribution in [0.4, 0.5) is 5.13 Å². The summed E-state index contributed by atoms with van der Waals surface area (Å²) in [5.74, 6) is 2.50. The Labute approximate surface area is 267 Å². The summed E-state index contributed by atoms with van der Waals surface area (Å²) >= 11 is 3.55. The van der Waals surface area contributed by atoms with Crippen molar-refractivity contribution in [2.45, 2.75) is 42.5 Å². The smallest absolute Gasteiger partial charge is 0.313 e. The van der Waals surface area contributed by atoms with Crippen LogP contribution in [0.15, 0.2) is 27.8 Å². The number of anilines is 1. The van der Waals surface area contributed by atoms with Crippen molar-refractivity contribution in [2.24, 2.45) is 16.4 Å². The van der Waals surface area contributed by atoms with Crippen LogP contribution in [0.2, 0.25) is 0 Å². The van der Waals surface area contributed by atoms with Crippen LogP contribution in [0.1, 0.15) is 25.2 Å². The third-order valence-corrected chi connectivity index (χ3v) is 10.5. The number of thioether (sulfide) groups is 2. The number of carbonyl (C=O) groups is 4. The molecule has 0 spiro atoms. The van der Waals surface area contributed by atoms with Crippen LogP contribution in [0.25, 0.3) is 5.65 Å². The second-order valence-corrected chi connectivity index (χ2v) is 13.6. The molecule has 21 heteroatoms. The van der Waals surface area contributed by atoms with E-state index in [4.69, 9.17) is 21.2 Å². The molecule has 3 aromatic heterocycles. The molecule has 2 fully saturated rings. The van der Waals surface area contributed by atoms with Crippen molar-refractivity contribution < 1.29 is 33.9 Å². The first kappa shape index (κ1) is 32.3. The number of carboxylic acids is 1. The number of aromatic nitrogens is 5. The number of ether oxygens (including phenoxy) is 1. The Morgan fingerprint density at radius 1 is 1.33 bits per heavy atom. The molecule has 3 aromatic rings. The van der Waals surface area contributed by atoms with Crippen LogP contribution in [0, 0.1) is 5.41 Å². The number of thiazole rings is 1. The summed E-state index contributed by atoms with van der Waals surface area (Å²) in [6.07, 6.45) is 1.49. The second kappa shape index (κ2) is 12.7. The molecule has 3 atom stereocenters. The van der Waals surface area contributed by atoms with Gasteiger partial charge in [0.05, 0.1) is 18.5 Å². The van der Waals surface area contributed by atoms with Crippen molar-refractivity contribution in [3.8, 4) is 0 Å². The highest BCUT2D eigenvalue weighted by Gasteiger charge is 2.57. The second-order valence-electron chi connectivity index (χ2n) is 10.6. The summed E-state index contributed by atoms with van der Waals surface area (Å²) in [6, 6.07) is 0.797. The number of nitrogen functional groups attached to an aromatic ring is 1. The zero-order chi connectivity index (χ0) is 32.5. The number of rotatable bonds is 12. The average molecular weight is 680 g/mol. The van der Waals surface area contributed by atoms with Gasteiger partial charge in [-0.15, -0.1) is 40.0 Å². The highest BCUT2D eigenvalue weighted by molar-refractivity contribution is 8.00. The minimum atomic E-state index is -1.54. The number of carbonyl (C=O) groups excluding carboxylic acids is 3. The molecular weight excluding hydrogens is 651 g/mol. The van der Waals surface area contributed by atoms with Crippen molar-refractivity contribution in [3.05, 3.63) is 29.0 Å². The van der Waals surface area contributed by atoms with Gasteiger partial charge in [0, 0.05) is 30.5 Å². The Morgan fingerprint density at radius 3 is 2.78 bits per heavy atom. The van der Waals surface area contributed by atoms with Crippen molar-refractivity contribution in [1.82, 2.24) is 40.4 Å². The summed E-state index contributed by atoms with van der Waals surface area (Å²) in [4.78, 5) is 66.5. The molecule has 0 aromatic carbocycles. The molecule has 18 nitrogen and oxygen atoms in total. The van der Waals surface area contributed by atoms with Gasteiger partial charge in [0.15, 0.2) is 16.5 Å². The zero-order valence-corrected chi connectivity index (χ0v) is 26.6. The van der Waals surface area contributed by atoms with Gasteiger partial charge >= 0.3 is 5.97 Å². The lowest BCUT2D eigenvalue weighted by molar-refractivity contribution is -0.157. The molecule has 0 aliphatic carbocycles. The van der Waals surface area contributed by atoms with E-state index in [0.717, 1.165) is 11.3 Å². The Hall–Kier alpha value is -4.05. The molecule has 2 aliphatic rings. The van der Waals surface area contributed by atoms with Gasteiger partial charge in [0.2, 0.25) is 11.5 Å². The minimum absolute atomic E-state index is 0.0608. The number of methoxy groups -OCH3 is 1. The van der Waals surface area contributed by atoms with E-state index in [1.807, 2.05) is 5.43 Å². The number of β-lactam (4-membered cyclic amide) rings is 1. The first-order valence-electron chi connectivity index (χ1n) is 13.2. The van der Waals surface area contributed by atoms with E-state index >= 15 is 0 Å². The van der Waals surface area contributed by atoms with Crippen LogP contribution < -0.4 is 22.3 Å².